The molecule has 3 unspecified atom stereocenters. The smallest absolute Gasteiger partial charge is 0.0594 e. The Kier molecular flexibility index (Phi) is 3.37. The van der Waals surface area contributed by atoms with E-state index in [1.54, 1.807) is 0 Å². The standard InChI is InChI=1S/C15H19NOS/c1-10-11(7-8-17-10)15(16-2)13-9-18-14-6-4-3-5-12(13)14/h3-6,9-11,15-16H,7-8H2,1-2H3. The monoisotopic (exact) mass is 261 g/mol. The molecule has 1 aliphatic rings. The number of fused-ring (bicyclic) bond motifs is 1. The van der Waals surface area contributed by atoms with Gasteiger partial charge in [0.1, 0.15) is 0 Å². The van der Waals surface area contributed by atoms with Crippen LogP contribution in [0.15, 0.2) is 29.6 Å². The first kappa shape index (κ1) is 12.2. The highest BCUT2D eigenvalue weighted by molar-refractivity contribution is 7.17. The van der Waals surface area contributed by atoms with Gasteiger partial charge in [0, 0.05) is 23.3 Å². The van der Waals surface area contributed by atoms with Gasteiger partial charge in [0.05, 0.1) is 6.10 Å². The Bertz CT molecular complexity index is 536. The summed E-state index contributed by atoms with van der Waals surface area (Å²) in [5.74, 6) is 0.577. The Morgan fingerprint density at radius 2 is 2.22 bits per heavy atom. The molecule has 1 aromatic heterocycles. The minimum atomic E-state index is 0.348. The van der Waals surface area contributed by atoms with Gasteiger partial charge in [0.15, 0.2) is 0 Å². The van der Waals surface area contributed by atoms with E-state index in [9.17, 15) is 0 Å². The van der Waals surface area contributed by atoms with Gasteiger partial charge in [-0.15, -0.1) is 11.3 Å². The molecule has 0 spiro atoms. The normalized spacial score (nSPS) is 25.7. The molecule has 0 saturated carbocycles. The van der Waals surface area contributed by atoms with Gasteiger partial charge >= 0.3 is 0 Å². The molecular formula is C15H19NOS. The molecule has 1 N–H and O–H groups in total. The second kappa shape index (κ2) is 5.00. The van der Waals surface area contributed by atoms with Gasteiger partial charge in [0.2, 0.25) is 0 Å². The fourth-order valence-electron chi connectivity index (χ4n) is 3.03. The van der Waals surface area contributed by atoms with Crippen LogP contribution in [0.4, 0.5) is 0 Å². The van der Waals surface area contributed by atoms with Crippen molar-refractivity contribution in [2.45, 2.75) is 25.5 Å². The van der Waals surface area contributed by atoms with Crippen molar-refractivity contribution in [3.05, 3.63) is 35.2 Å². The molecule has 0 amide bonds. The Balaban J connectivity index is 2.00. The Morgan fingerprint density at radius 3 is 2.94 bits per heavy atom. The maximum Gasteiger partial charge on any atom is 0.0594 e. The van der Waals surface area contributed by atoms with E-state index in [1.165, 1.54) is 15.6 Å². The first-order chi connectivity index (χ1) is 8.81. The van der Waals surface area contributed by atoms with Crippen LogP contribution in [-0.4, -0.2) is 19.8 Å². The molecule has 1 fully saturated rings. The molecule has 0 aliphatic carbocycles. The summed E-state index contributed by atoms with van der Waals surface area (Å²) in [4.78, 5) is 0. The lowest BCUT2D eigenvalue weighted by Gasteiger charge is -2.25. The van der Waals surface area contributed by atoms with Crippen LogP contribution < -0.4 is 5.32 Å². The maximum atomic E-state index is 5.72. The molecule has 1 aromatic carbocycles. The number of thiophene rings is 1. The van der Waals surface area contributed by atoms with Crippen molar-refractivity contribution in [3.63, 3.8) is 0 Å². The van der Waals surface area contributed by atoms with E-state index in [2.05, 4.69) is 48.9 Å². The second-order valence-electron chi connectivity index (χ2n) is 4.98. The highest BCUT2D eigenvalue weighted by Crippen LogP contribution is 2.38. The van der Waals surface area contributed by atoms with Gasteiger partial charge in [0.25, 0.3) is 0 Å². The minimum absolute atomic E-state index is 0.348. The molecule has 18 heavy (non-hydrogen) atoms. The lowest BCUT2D eigenvalue weighted by atomic mass is 9.88. The van der Waals surface area contributed by atoms with Gasteiger partial charge in [-0.1, -0.05) is 18.2 Å². The molecule has 1 saturated heterocycles. The lowest BCUT2D eigenvalue weighted by Crippen LogP contribution is -2.29. The Morgan fingerprint density at radius 1 is 1.39 bits per heavy atom. The van der Waals surface area contributed by atoms with Crippen molar-refractivity contribution in [2.75, 3.05) is 13.7 Å². The number of rotatable bonds is 3. The summed E-state index contributed by atoms with van der Waals surface area (Å²) >= 11 is 1.84. The molecular weight excluding hydrogens is 242 g/mol. The summed E-state index contributed by atoms with van der Waals surface area (Å²) in [5, 5.41) is 7.19. The first-order valence-corrected chi connectivity index (χ1v) is 7.44. The molecule has 1 aliphatic heterocycles. The summed E-state index contributed by atoms with van der Waals surface area (Å²) < 4.78 is 7.10. The fourth-order valence-corrected chi connectivity index (χ4v) is 4.02. The maximum absolute atomic E-state index is 5.72. The van der Waals surface area contributed by atoms with Gasteiger partial charge < -0.3 is 10.1 Å². The number of nitrogens with one attached hydrogen (secondary N) is 1. The zero-order valence-corrected chi connectivity index (χ0v) is 11.7. The van der Waals surface area contributed by atoms with Crippen molar-refractivity contribution in [1.82, 2.24) is 5.32 Å². The third-order valence-electron chi connectivity index (χ3n) is 4.02. The number of hydrogen-bond acceptors (Lipinski definition) is 3. The van der Waals surface area contributed by atoms with Crippen molar-refractivity contribution < 1.29 is 4.74 Å². The van der Waals surface area contributed by atoms with Gasteiger partial charge in [-0.3, -0.25) is 0 Å². The lowest BCUT2D eigenvalue weighted by molar-refractivity contribution is 0.0965. The van der Waals surface area contributed by atoms with Crippen molar-refractivity contribution >= 4 is 21.4 Å². The zero-order valence-electron chi connectivity index (χ0n) is 10.8. The van der Waals surface area contributed by atoms with Crippen molar-refractivity contribution in [3.8, 4) is 0 Å². The topological polar surface area (TPSA) is 21.3 Å². The quantitative estimate of drug-likeness (QED) is 0.911. The predicted octanol–water partition coefficient (Wildman–Crippen LogP) is 3.59. The number of hydrogen-bond donors (Lipinski definition) is 1. The summed E-state index contributed by atoms with van der Waals surface area (Å²) in [6, 6.07) is 9.06. The van der Waals surface area contributed by atoms with Crippen LogP contribution in [-0.2, 0) is 4.74 Å². The summed E-state index contributed by atoms with van der Waals surface area (Å²) in [7, 11) is 2.06. The SMILES string of the molecule is CNC(c1csc2ccccc12)C1CCOC1C. The molecule has 3 atom stereocenters. The highest BCUT2D eigenvalue weighted by atomic mass is 32.1. The number of benzene rings is 1. The predicted molar refractivity (Wildman–Crippen MR) is 77.1 cm³/mol. The average molecular weight is 261 g/mol. The molecule has 3 rings (SSSR count). The zero-order chi connectivity index (χ0) is 12.5. The van der Waals surface area contributed by atoms with E-state index in [0.717, 1.165) is 13.0 Å². The van der Waals surface area contributed by atoms with E-state index in [1.807, 2.05) is 11.3 Å². The molecule has 2 nitrogen and oxygen atoms in total. The molecule has 3 heteroatoms. The molecule has 2 aromatic rings. The molecule has 96 valence electrons. The van der Waals surface area contributed by atoms with Gasteiger partial charge in [-0.05, 0) is 42.8 Å². The highest BCUT2D eigenvalue weighted by Gasteiger charge is 2.32. The van der Waals surface area contributed by atoms with Crippen LogP contribution in [0.1, 0.15) is 24.9 Å². The molecule has 0 radical (unpaired) electrons. The largest absolute Gasteiger partial charge is 0.378 e. The van der Waals surface area contributed by atoms with Gasteiger partial charge in [-0.2, -0.15) is 0 Å². The number of ether oxygens (including phenoxy) is 1. The third kappa shape index (κ3) is 1.96. The summed E-state index contributed by atoms with van der Waals surface area (Å²) in [5.41, 5.74) is 1.43. The summed E-state index contributed by atoms with van der Waals surface area (Å²) in [6.07, 6.45) is 1.50. The van der Waals surface area contributed by atoms with E-state index in [0.29, 0.717) is 18.1 Å². The minimum Gasteiger partial charge on any atom is -0.378 e. The fraction of sp³-hybridized carbons (Fsp3) is 0.467. The second-order valence-corrected chi connectivity index (χ2v) is 5.89. The third-order valence-corrected chi connectivity index (χ3v) is 5.00. The van der Waals surface area contributed by atoms with Crippen LogP contribution in [0.25, 0.3) is 10.1 Å². The van der Waals surface area contributed by atoms with E-state index in [4.69, 9.17) is 4.74 Å². The molecule has 2 heterocycles. The Labute approximate surface area is 112 Å². The summed E-state index contributed by atoms with van der Waals surface area (Å²) in [6.45, 7) is 3.09. The van der Waals surface area contributed by atoms with Crippen LogP contribution in [0.3, 0.4) is 0 Å². The van der Waals surface area contributed by atoms with E-state index >= 15 is 0 Å². The molecule has 0 bridgehead atoms. The Hall–Kier alpha value is -0.900. The van der Waals surface area contributed by atoms with Crippen molar-refractivity contribution in [2.24, 2.45) is 5.92 Å². The van der Waals surface area contributed by atoms with E-state index < -0.39 is 0 Å². The van der Waals surface area contributed by atoms with Crippen LogP contribution in [0.5, 0.6) is 0 Å². The average Bonchev–Trinajstić information content (AvgIpc) is 2.99. The van der Waals surface area contributed by atoms with Crippen LogP contribution in [0, 0.1) is 5.92 Å². The van der Waals surface area contributed by atoms with E-state index in [-0.39, 0.29) is 0 Å². The van der Waals surface area contributed by atoms with Gasteiger partial charge in [-0.25, -0.2) is 0 Å². The van der Waals surface area contributed by atoms with Crippen LogP contribution >= 0.6 is 11.3 Å². The van der Waals surface area contributed by atoms with Crippen molar-refractivity contribution in [1.29, 1.82) is 0 Å². The van der Waals surface area contributed by atoms with Crippen LogP contribution in [0.2, 0.25) is 0 Å². The first-order valence-electron chi connectivity index (χ1n) is 6.56.